The minimum absolute atomic E-state index is 0.150. The van der Waals surface area contributed by atoms with Gasteiger partial charge in [-0.05, 0) is 43.3 Å². The van der Waals surface area contributed by atoms with Gasteiger partial charge in [0.1, 0.15) is 6.61 Å². The largest absolute Gasteiger partial charge is 0.504 e. The van der Waals surface area contributed by atoms with Crippen LogP contribution in [0.2, 0.25) is 0 Å². The van der Waals surface area contributed by atoms with Crippen LogP contribution in [0.3, 0.4) is 0 Å². The molecule has 0 bridgehead atoms. The number of phenolic OH excluding ortho intramolecular Hbond substituents is 1. The Balaban J connectivity index is 1.46. The van der Waals surface area contributed by atoms with E-state index >= 15 is 0 Å². The van der Waals surface area contributed by atoms with E-state index in [0.29, 0.717) is 25.4 Å². The second-order valence-electron chi connectivity index (χ2n) is 7.50. The SMILES string of the molecule is Cc1nc2ccccc2nc1CN1CCOc2c(O)cc(-c3ccccn3)cc2C1. The van der Waals surface area contributed by atoms with Crippen molar-refractivity contribution in [2.24, 2.45) is 0 Å². The number of fused-ring (bicyclic) bond motifs is 2. The second kappa shape index (κ2) is 7.72. The number of hydrogen-bond acceptors (Lipinski definition) is 6. The summed E-state index contributed by atoms with van der Waals surface area (Å²) in [6.45, 7) is 4.56. The summed E-state index contributed by atoms with van der Waals surface area (Å²) in [5.41, 5.74) is 6.35. The Morgan fingerprint density at radius 1 is 1.03 bits per heavy atom. The number of rotatable bonds is 3. The number of aryl methyl sites for hydroxylation is 1. The van der Waals surface area contributed by atoms with E-state index in [1.807, 2.05) is 49.4 Å². The molecule has 150 valence electrons. The molecule has 0 radical (unpaired) electrons. The third-order valence-corrected chi connectivity index (χ3v) is 5.37. The zero-order valence-corrected chi connectivity index (χ0v) is 16.7. The molecule has 1 aliphatic rings. The van der Waals surface area contributed by atoms with E-state index in [1.54, 1.807) is 12.3 Å². The van der Waals surface area contributed by atoms with Crippen LogP contribution in [0.4, 0.5) is 0 Å². The highest BCUT2D eigenvalue weighted by Crippen LogP contribution is 2.37. The van der Waals surface area contributed by atoms with Gasteiger partial charge in [0.05, 0.1) is 28.1 Å². The van der Waals surface area contributed by atoms with E-state index in [0.717, 1.165) is 45.8 Å². The minimum Gasteiger partial charge on any atom is -0.504 e. The normalized spacial score (nSPS) is 14.2. The topological polar surface area (TPSA) is 71.4 Å². The van der Waals surface area contributed by atoms with Crippen LogP contribution in [0.1, 0.15) is 17.0 Å². The maximum absolute atomic E-state index is 10.6. The molecule has 6 heteroatoms. The van der Waals surface area contributed by atoms with Gasteiger partial charge in [0, 0.05) is 37.0 Å². The minimum atomic E-state index is 0.150. The first-order valence-corrected chi connectivity index (χ1v) is 10.0. The van der Waals surface area contributed by atoms with Gasteiger partial charge in [-0.3, -0.25) is 9.88 Å². The molecule has 0 fully saturated rings. The van der Waals surface area contributed by atoms with Crippen LogP contribution in [0.15, 0.2) is 60.8 Å². The van der Waals surface area contributed by atoms with Crippen molar-refractivity contribution in [3.63, 3.8) is 0 Å². The number of aromatic nitrogens is 3. The average molecular weight is 398 g/mol. The summed E-state index contributed by atoms with van der Waals surface area (Å²) < 4.78 is 5.89. The summed E-state index contributed by atoms with van der Waals surface area (Å²) in [5, 5.41) is 10.6. The maximum Gasteiger partial charge on any atom is 0.165 e. The number of hydrogen-bond donors (Lipinski definition) is 1. The lowest BCUT2D eigenvalue weighted by molar-refractivity contribution is 0.215. The molecule has 2 aromatic carbocycles. The lowest BCUT2D eigenvalue weighted by Gasteiger charge is -2.20. The van der Waals surface area contributed by atoms with Gasteiger partial charge < -0.3 is 9.84 Å². The fourth-order valence-electron chi connectivity index (χ4n) is 3.86. The number of ether oxygens (including phenoxy) is 1. The molecule has 2 aromatic heterocycles. The predicted octanol–water partition coefficient (Wildman–Crippen LogP) is 4.10. The summed E-state index contributed by atoms with van der Waals surface area (Å²) in [6.07, 6.45) is 1.75. The number of aromatic hydroxyl groups is 1. The standard InChI is InChI=1S/C24H22N4O2/c1-16-22(27-21-8-3-2-7-20(21)26-16)15-28-10-11-30-24-18(14-28)12-17(13-23(24)29)19-6-4-5-9-25-19/h2-9,12-13,29H,10-11,14-15H2,1H3. The molecular formula is C24H22N4O2. The summed E-state index contributed by atoms with van der Waals surface area (Å²) in [4.78, 5) is 16.2. The zero-order valence-electron chi connectivity index (χ0n) is 16.7. The molecule has 0 spiro atoms. The van der Waals surface area contributed by atoms with Crippen molar-refractivity contribution in [1.82, 2.24) is 19.9 Å². The van der Waals surface area contributed by atoms with Crippen LogP contribution in [0.25, 0.3) is 22.3 Å². The molecule has 1 aliphatic heterocycles. The molecule has 0 amide bonds. The molecular weight excluding hydrogens is 376 g/mol. The Kier molecular flexibility index (Phi) is 4.77. The van der Waals surface area contributed by atoms with Crippen molar-refractivity contribution < 1.29 is 9.84 Å². The van der Waals surface area contributed by atoms with Crippen molar-refractivity contribution in [2.75, 3.05) is 13.2 Å². The Labute approximate surface area is 174 Å². The van der Waals surface area contributed by atoms with E-state index in [9.17, 15) is 5.11 Å². The van der Waals surface area contributed by atoms with Gasteiger partial charge in [0.25, 0.3) is 0 Å². The van der Waals surface area contributed by atoms with Gasteiger partial charge in [0.2, 0.25) is 0 Å². The van der Waals surface area contributed by atoms with E-state index in [-0.39, 0.29) is 5.75 Å². The van der Waals surface area contributed by atoms with Crippen LogP contribution in [0.5, 0.6) is 11.5 Å². The monoisotopic (exact) mass is 398 g/mol. The fraction of sp³-hybridized carbons (Fsp3) is 0.208. The summed E-state index contributed by atoms with van der Waals surface area (Å²) in [5.74, 6) is 0.704. The Bertz CT molecular complexity index is 1210. The lowest BCUT2D eigenvalue weighted by atomic mass is 10.0. The second-order valence-corrected chi connectivity index (χ2v) is 7.50. The third-order valence-electron chi connectivity index (χ3n) is 5.37. The molecule has 1 N–H and O–H groups in total. The number of benzene rings is 2. The molecule has 6 nitrogen and oxygen atoms in total. The molecule has 0 aliphatic carbocycles. The van der Waals surface area contributed by atoms with Crippen molar-refractivity contribution in [2.45, 2.75) is 20.0 Å². The van der Waals surface area contributed by atoms with Crippen molar-refractivity contribution in [3.8, 4) is 22.8 Å². The smallest absolute Gasteiger partial charge is 0.165 e. The predicted molar refractivity (Wildman–Crippen MR) is 115 cm³/mol. The zero-order chi connectivity index (χ0) is 20.5. The first-order valence-electron chi connectivity index (χ1n) is 10.0. The molecule has 4 aromatic rings. The van der Waals surface area contributed by atoms with Crippen LogP contribution in [0, 0.1) is 6.92 Å². The molecule has 0 saturated heterocycles. The molecule has 30 heavy (non-hydrogen) atoms. The van der Waals surface area contributed by atoms with Gasteiger partial charge in [-0.1, -0.05) is 18.2 Å². The highest BCUT2D eigenvalue weighted by molar-refractivity contribution is 5.74. The highest BCUT2D eigenvalue weighted by Gasteiger charge is 2.21. The van der Waals surface area contributed by atoms with Gasteiger partial charge in [0.15, 0.2) is 11.5 Å². The summed E-state index contributed by atoms with van der Waals surface area (Å²) in [7, 11) is 0. The molecule has 5 rings (SSSR count). The van der Waals surface area contributed by atoms with Crippen LogP contribution in [-0.2, 0) is 13.1 Å². The van der Waals surface area contributed by atoms with Crippen molar-refractivity contribution in [3.05, 3.63) is 77.7 Å². The number of nitrogens with zero attached hydrogens (tertiary/aromatic N) is 4. The average Bonchev–Trinajstić information content (AvgIpc) is 2.97. The number of pyridine rings is 1. The number of para-hydroxylation sites is 2. The van der Waals surface area contributed by atoms with E-state index in [4.69, 9.17) is 14.7 Å². The van der Waals surface area contributed by atoms with E-state index in [2.05, 4.69) is 16.0 Å². The van der Waals surface area contributed by atoms with Gasteiger partial charge in [-0.2, -0.15) is 0 Å². The molecule has 0 unspecified atom stereocenters. The van der Waals surface area contributed by atoms with E-state index < -0.39 is 0 Å². The van der Waals surface area contributed by atoms with Gasteiger partial charge >= 0.3 is 0 Å². The Morgan fingerprint density at radius 3 is 2.63 bits per heavy atom. The Morgan fingerprint density at radius 2 is 1.83 bits per heavy atom. The molecule has 0 atom stereocenters. The maximum atomic E-state index is 10.6. The quantitative estimate of drug-likeness (QED) is 0.560. The Hall–Kier alpha value is -3.51. The summed E-state index contributed by atoms with van der Waals surface area (Å²) >= 11 is 0. The van der Waals surface area contributed by atoms with Crippen molar-refractivity contribution in [1.29, 1.82) is 0 Å². The number of phenols is 1. The van der Waals surface area contributed by atoms with Gasteiger partial charge in [-0.15, -0.1) is 0 Å². The van der Waals surface area contributed by atoms with Crippen LogP contribution >= 0.6 is 0 Å². The third kappa shape index (κ3) is 3.57. The fourth-order valence-corrected chi connectivity index (χ4v) is 3.86. The first kappa shape index (κ1) is 18.5. The lowest BCUT2D eigenvalue weighted by Crippen LogP contribution is -2.26. The van der Waals surface area contributed by atoms with Crippen LogP contribution < -0.4 is 4.74 Å². The van der Waals surface area contributed by atoms with Crippen molar-refractivity contribution >= 4 is 11.0 Å². The molecule has 0 saturated carbocycles. The van der Waals surface area contributed by atoms with E-state index in [1.165, 1.54) is 0 Å². The summed E-state index contributed by atoms with van der Waals surface area (Å²) in [6, 6.07) is 17.5. The van der Waals surface area contributed by atoms with Gasteiger partial charge in [-0.25, -0.2) is 9.97 Å². The first-order chi connectivity index (χ1) is 14.7. The highest BCUT2D eigenvalue weighted by atomic mass is 16.5. The van der Waals surface area contributed by atoms with Crippen LogP contribution in [-0.4, -0.2) is 38.1 Å². The molecule has 3 heterocycles.